The molecule has 0 spiro atoms. The van der Waals surface area contributed by atoms with Gasteiger partial charge < -0.3 is 10.3 Å². The topological polar surface area (TPSA) is 30.9 Å². The van der Waals surface area contributed by atoms with Crippen molar-refractivity contribution in [2.24, 2.45) is 5.73 Å². The fourth-order valence-electron chi connectivity index (χ4n) is 2.37. The molecule has 0 saturated heterocycles. The third-order valence-electron chi connectivity index (χ3n) is 3.24. The van der Waals surface area contributed by atoms with E-state index in [-0.39, 0.29) is 0 Å². The average molecular weight is 200 g/mol. The molecule has 1 aromatic carbocycles. The second-order valence-electron chi connectivity index (χ2n) is 4.48. The number of aryl methyl sites for hydroxylation is 1. The maximum atomic E-state index is 5.65. The van der Waals surface area contributed by atoms with Crippen LogP contribution in [0.1, 0.15) is 30.1 Å². The summed E-state index contributed by atoms with van der Waals surface area (Å²) >= 11 is 0. The van der Waals surface area contributed by atoms with Gasteiger partial charge in [0.25, 0.3) is 0 Å². The first-order valence-electron chi connectivity index (χ1n) is 5.60. The second kappa shape index (κ2) is 3.11. The van der Waals surface area contributed by atoms with Crippen LogP contribution in [0, 0.1) is 6.92 Å². The number of aromatic nitrogens is 1. The van der Waals surface area contributed by atoms with Crippen molar-refractivity contribution in [3.05, 3.63) is 35.5 Å². The molecule has 3 rings (SSSR count). The molecule has 0 amide bonds. The lowest BCUT2D eigenvalue weighted by atomic mass is 10.1. The Balaban J connectivity index is 2.23. The first-order chi connectivity index (χ1) is 7.29. The van der Waals surface area contributed by atoms with Gasteiger partial charge in [0.2, 0.25) is 0 Å². The summed E-state index contributed by atoms with van der Waals surface area (Å²) in [6.45, 7) is 2.82. The Kier molecular flexibility index (Phi) is 1.86. The summed E-state index contributed by atoms with van der Waals surface area (Å²) in [5, 5.41) is 1.34. The molecule has 1 saturated carbocycles. The molecule has 2 heteroatoms. The molecule has 0 radical (unpaired) electrons. The molecule has 0 bridgehead atoms. The van der Waals surface area contributed by atoms with Gasteiger partial charge in [-0.2, -0.15) is 0 Å². The van der Waals surface area contributed by atoms with E-state index in [0.717, 1.165) is 6.04 Å². The van der Waals surface area contributed by atoms with Gasteiger partial charge in [-0.1, -0.05) is 6.07 Å². The van der Waals surface area contributed by atoms with Gasteiger partial charge in [0.15, 0.2) is 0 Å². The molecule has 0 atom stereocenters. The molecule has 2 N–H and O–H groups in total. The lowest BCUT2D eigenvalue weighted by Crippen LogP contribution is -1.97. The summed E-state index contributed by atoms with van der Waals surface area (Å²) in [5.41, 5.74) is 9.61. The molecule has 1 fully saturated rings. The fourth-order valence-corrected chi connectivity index (χ4v) is 2.37. The number of rotatable bonds is 2. The summed E-state index contributed by atoms with van der Waals surface area (Å²) in [7, 11) is 0. The molecule has 1 aliphatic rings. The van der Waals surface area contributed by atoms with E-state index in [1.807, 2.05) is 0 Å². The molecular weight excluding hydrogens is 184 g/mol. The van der Waals surface area contributed by atoms with Crippen molar-refractivity contribution in [3.63, 3.8) is 0 Å². The number of fused-ring (bicyclic) bond motifs is 1. The van der Waals surface area contributed by atoms with Crippen LogP contribution in [0.2, 0.25) is 0 Å². The SMILES string of the molecule is Cc1cc2cc(CN)ccc2n1C1CC1. The van der Waals surface area contributed by atoms with Crippen LogP contribution in [0.15, 0.2) is 24.3 Å². The Morgan fingerprint density at radius 3 is 2.80 bits per heavy atom. The zero-order valence-electron chi connectivity index (χ0n) is 9.03. The van der Waals surface area contributed by atoms with E-state index >= 15 is 0 Å². The highest BCUT2D eigenvalue weighted by molar-refractivity contribution is 5.82. The van der Waals surface area contributed by atoms with Gasteiger partial charge in [-0.25, -0.2) is 0 Å². The molecule has 0 unspecified atom stereocenters. The highest BCUT2D eigenvalue weighted by atomic mass is 15.0. The number of nitrogens with two attached hydrogens (primary N) is 1. The Bertz CT molecular complexity index is 506. The highest BCUT2D eigenvalue weighted by Crippen LogP contribution is 2.39. The summed E-state index contributed by atoms with van der Waals surface area (Å²) in [4.78, 5) is 0. The zero-order valence-corrected chi connectivity index (χ0v) is 9.03. The van der Waals surface area contributed by atoms with Crippen LogP contribution >= 0.6 is 0 Å². The predicted molar refractivity (Wildman–Crippen MR) is 62.8 cm³/mol. The summed E-state index contributed by atoms with van der Waals surface area (Å²) in [5.74, 6) is 0. The molecule has 1 aromatic heterocycles. The van der Waals surface area contributed by atoms with Gasteiger partial charge in [-0.05, 0) is 43.5 Å². The van der Waals surface area contributed by atoms with Crippen LogP contribution in [0.5, 0.6) is 0 Å². The van der Waals surface area contributed by atoms with Gasteiger partial charge in [-0.3, -0.25) is 0 Å². The van der Waals surface area contributed by atoms with Gasteiger partial charge in [0.05, 0.1) is 0 Å². The Morgan fingerprint density at radius 1 is 1.33 bits per heavy atom. The first-order valence-corrected chi connectivity index (χ1v) is 5.60. The molecule has 2 aromatic rings. The normalized spacial score (nSPS) is 16.1. The summed E-state index contributed by atoms with van der Waals surface area (Å²) in [6.07, 6.45) is 2.67. The van der Waals surface area contributed by atoms with Crippen molar-refractivity contribution in [2.45, 2.75) is 32.4 Å². The van der Waals surface area contributed by atoms with Crippen LogP contribution in [0.3, 0.4) is 0 Å². The van der Waals surface area contributed by atoms with E-state index in [0.29, 0.717) is 6.54 Å². The van der Waals surface area contributed by atoms with E-state index < -0.39 is 0 Å². The van der Waals surface area contributed by atoms with E-state index in [2.05, 4.69) is 35.8 Å². The van der Waals surface area contributed by atoms with Crippen LogP contribution in [0.25, 0.3) is 10.9 Å². The third-order valence-corrected chi connectivity index (χ3v) is 3.24. The van der Waals surface area contributed by atoms with Crippen molar-refractivity contribution in [2.75, 3.05) is 0 Å². The first kappa shape index (κ1) is 8.98. The largest absolute Gasteiger partial charge is 0.342 e. The Hall–Kier alpha value is -1.28. The number of hydrogen-bond donors (Lipinski definition) is 1. The second-order valence-corrected chi connectivity index (χ2v) is 4.48. The van der Waals surface area contributed by atoms with Gasteiger partial charge in [0, 0.05) is 29.2 Å². The quantitative estimate of drug-likeness (QED) is 0.794. The molecule has 2 nitrogen and oxygen atoms in total. The van der Waals surface area contributed by atoms with E-state index in [1.54, 1.807) is 0 Å². The van der Waals surface area contributed by atoms with Gasteiger partial charge >= 0.3 is 0 Å². The summed E-state index contributed by atoms with van der Waals surface area (Å²) in [6, 6.07) is 9.59. The third kappa shape index (κ3) is 1.37. The molecule has 0 aliphatic heterocycles. The maximum Gasteiger partial charge on any atom is 0.0485 e. The zero-order chi connectivity index (χ0) is 10.4. The van der Waals surface area contributed by atoms with E-state index in [1.165, 1.54) is 35.0 Å². The monoisotopic (exact) mass is 200 g/mol. The minimum absolute atomic E-state index is 0.629. The number of nitrogens with zero attached hydrogens (tertiary/aromatic N) is 1. The highest BCUT2D eigenvalue weighted by Gasteiger charge is 2.25. The van der Waals surface area contributed by atoms with Crippen molar-refractivity contribution < 1.29 is 0 Å². The van der Waals surface area contributed by atoms with Crippen molar-refractivity contribution in [1.29, 1.82) is 0 Å². The van der Waals surface area contributed by atoms with Crippen LogP contribution in [-0.2, 0) is 6.54 Å². The lowest BCUT2D eigenvalue weighted by molar-refractivity contribution is 0.749. The average Bonchev–Trinajstić information content (AvgIpc) is 3.00. The predicted octanol–water partition coefficient (Wildman–Crippen LogP) is 2.74. The Morgan fingerprint density at radius 2 is 2.13 bits per heavy atom. The minimum atomic E-state index is 0.629. The minimum Gasteiger partial charge on any atom is -0.342 e. The lowest BCUT2D eigenvalue weighted by Gasteiger charge is -2.05. The van der Waals surface area contributed by atoms with Crippen LogP contribution in [-0.4, -0.2) is 4.57 Å². The standard InChI is InChI=1S/C13H16N2/c1-9-6-11-7-10(8-14)2-5-13(11)15(9)12-3-4-12/h2,5-7,12H,3-4,8,14H2,1H3. The molecule has 1 heterocycles. The van der Waals surface area contributed by atoms with Gasteiger partial charge in [-0.15, -0.1) is 0 Å². The van der Waals surface area contributed by atoms with Crippen molar-refractivity contribution >= 4 is 10.9 Å². The van der Waals surface area contributed by atoms with Gasteiger partial charge in [0.1, 0.15) is 0 Å². The molecule has 15 heavy (non-hydrogen) atoms. The Labute approximate surface area is 89.7 Å². The van der Waals surface area contributed by atoms with Crippen LogP contribution in [0.4, 0.5) is 0 Å². The van der Waals surface area contributed by atoms with Crippen molar-refractivity contribution in [3.8, 4) is 0 Å². The number of benzene rings is 1. The summed E-state index contributed by atoms with van der Waals surface area (Å²) < 4.78 is 2.47. The smallest absolute Gasteiger partial charge is 0.0485 e. The number of hydrogen-bond acceptors (Lipinski definition) is 1. The van der Waals surface area contributed by atoms with Crippen LogP contribution < -0.4 is 5.73 Å². The van der Waals surface area contributed by atoms with Crippen molar-refractivity contribution in [1.82, 2.24) is 4.57 Å². The molecular formula is C13H16N2. The molecule has 78 valence electrons. The van der Waals surface area contributed by atoms with E-state index in [4.69, 9.17) is 5.73 Å². The maximum absolute atomic E-state index is 5.65. The molecule has 1 aliphatic carbocycles. The van der Waals surface area contributed by atoms with E-state index in [9.17, 15) is 0 Å². The fraction of sp³-hybridized carbons (Fsp3) is 0.385.